The number of hydrogen-bond donors (Lipinski definition) is 0. The molecule has 1 aromatic heterocycles. The van der Waals surface area contributed by atoms with Gasteiger partial charge in [0.15, 0.2) is 0 Å². The first-order valence-corrected chi connectivity index (χ1v) is 12.3. The van der Waals surface area contributed by atoms with Gasteiger partial charge in [-0.1, -0.05) is 47.1 Å². The van der Waals surface area contributed by atoms with Crippen molar-refractivity contribution in [1.29, 1.82) is 0 Å². The van der Waals surface area contributed by atoms with Crippen LogP contribution in [-0.4, -0.2) is 42.0 Å². The van der Waals surface area contributed by atoms with Crippen LogP contribution in [0.4, 0.5) is 5.69 Å². The van der Waals surface area contributed by atoms with Crippen molar-refractivity contribution in [2.75, 3.05) is 31.1 Å². The lowest BCUT2D eigenvalue weighted by atomic mass is 10.2. The third kappa shape index (κ3) is 5.70. The monoisotopic (exact) mass is 477 g/mol. The number of carbonyl (C=O) groups excluding carboxylic acids is 1. The van der Waals surface area contributed by atoms with Gasteiger partial charge in [0.1, 0.15) is 4.34 Å². The number of thioether (sulfide) groups is 1. The fourth-order valence-electron chi connectivity index (χ4n) is 3.29. The molecule has 156 valence electrons. The van der Waals surface area contributed by atoms with Gasteiger partial charge in [0, 0.05) is 53.0 Å². The fourth-order valence-corrected chi connectivity index (χ4v) is 5.35. The van der Waals surface area contributed by atoms with Crippen molar-refractivity contribution in [1.82, 2.24) is 9.88 Å². The zero-order valence-corrected chi connectivity index (χ0v) is 19.4. The maximum atomic E-state index is 12.7. The summed E-state index contributed by atoms with van der Waals surface area (Å²) in [6.45, 7) is 3.10. The molecule has 30 heavy (non-hydrogen) atoms. The number of aromatic nitrogens is 1. The Morgan fingerprint density at radius 3 is 2.27 bits per heavy atom. The molecule has 0 atom stereocenters. The van der Waals surface area contributed by atoms with E-state index in [1.165, 1.54) is 5.56 Å². The third-order valence-electron chi connectivity index (χ3n) is 4.96. The largest absolute Gasteiger partial charge is 0.368 e. The molecule has 3 aromatic rings. The highest BCUT2D eigenvalue weighted by molar-refractivity contribution is 8.00. The van der Waals surface area contributed by atoms with Gasteiger partial charge in [0.2, 0.25) is 5.91 Å². The number of halogens is 2. The molecule has 0 radical (unpaired) electrons. The SMILES string of the molecule is O=C(Cc1csc(SCc2ccc(Cl)cc2)n1)N1CCN(c2ccc(Cl)cc2)CC1. The average Bonchev–Trinajstić information content (AvgIpc) is 3.21. The number of hydrogen-bond acceptors (Lipinski definition) is 5. The summed E-state index contributed by atoms with van der Waals surface area (Å²) < 4.78 is 0.986. The number of rotatable bonds is 6. The van der Waals surface area contributed by atoms with Gasteiger partial charge < -0.3 is 9.80 Å². The zero-order chi connectivity index (χ0) is 20.9. The number of thiazole rings is 1. The molecule has 0 N–H and O–H groups in total. The van der Waals surface area contributed by atoms with Gasteiger partial charge in [-0.15, -0.1) is 11.3 Å². The van der Waals surface area contributed by atoms with Crippen LogP contribution in [0.2, 0.25) is 10.0 Å². The minimum absolute atomic E-state index is 0.144. The van der Waals surface area contributed by atoms with E-state index >= 15 is 0 Å². The van der Waals surface area contributed by atoms with Crippen LogP contribution in [0.25, 0.3) is 0 Å². The highest BCUT2D eigenvalue weighted by atomic mass is 35.5. The van der Waals surface area contributed by atoms with Crippen LogP contribution >= 0.6 is 46.3 Å². The average molecular weight is 478 g/mol. The zero-order valence-electron chi connectivity index (χ0n) is 16.3. The van der Waals surface area contributed by atoms with Crippen molar-refractivity contribution < 1.29 is 4.79 Å². The van der Waals surface area contributed by atoms with E-state index in [4.69, 9.17) is 23.2 Å². The van der Waals surface area contributed by atoms with Crippen molar-refractivity contribution in [3.63, 3.8) is 0 Å². The van der Waals surface area contributed by atoms with Crippen LogP contribution in [0.3, 0.4) is 0 Å². The van der Waals surface area contributed by atoms with Crippen LogP contribution in [0.15, 0.2) is 58.3 Å². The highest BCUT2D eigenvalue weighted by Gasteiger charge is 2.22. The Labute approximate surface area is 194 Å². The van der Waals surface area contributed by atoms with Crippen LogP contribution < -0.4 is 4.90 Å². The van der Waals surface area contributed by atoms with Crippen molar-refractivity contribution in [3.05, 3.63) is 75.2 Å². The number of nitrogens with zero attached hydrogens (tertiary/aromatic N) is 3. The maximum Gasteiger partial charge on any atom is 0.228 e. The van der Waals surface area contributed by atoms with Crippen LogP contribution in [0.1, 0.15) is 11.3 Å². The quantitative estimate of drug-likeness (QED) is 0.430. The summed E-state index contributed by atoms with van der Waals surface area (Å²) in [7, 11) is 0. The van der Waals surface area contributed by atoms with E-state index in [0.29, 0.717) is 6.42 Å². The first-order valence-electron chi connectivity index (χ1n) is 9.67. The summed E-state index contributed by atoms with van der Waals surface area (Å²) in [6, 6.07) is 15.7. The van der Waals surface area contributed by atoms with E-state index in [-0.39, 0.29) is 5.91 Å². The smallest absolute Gasteiger partial charge is 0.228 e. The second-order valence-electron chi connectivity index (χ2n) is 7.04. The minimum Gasteiger partial charge on any atom is -0.368 e. The van der Waals surface area contributed by atoms with E-state index in [0.717, 1.165) is 57.7 Å². The standard InChI is InChI=1S/C22H21Cl2N3OS2/c23-17-3-1-16(2-4-17)14-29-22-25-19(15-30-22)13-21(28)27-11-9-26(10-12-27)20-7-5-18(24)6-8-20/h1-8,15H,9-14H2. The van der Waals surface area contributed by atoms with E-state index in [2.05, 4.69) is 9.88 Å². The van der Waals surface area contributed by atoms with E-state index in [9.17, 15) is 4.79 Å². The number of anilines is 1. The van der Waals surface area contributed by atoms with Crippen molar-refractivity contribution in [2.45, 2.75) is 16.5 Å². The summed E-state index contributed by atoms with van der Waals surface area (Å²) >= 11 is 15.2. The lowest BCUT2D eigenvalue weighted by Gasteiger charge is -2.36. The number of benzene rings is 2. The molecule has 2 heterocycles. The van der Waals surface area contributed by atoms with Gasteiger partial charge in [-0.2, -0.15) is 0 Å². The Kier molecular flexibility index (Phi) is 7.20. The van der Waals surface area contributed by atoms with Crippen molar-refractivity contribution in [2.24, 2.45) is 0 Å². The lowest BCUT2D eigenvalue weighted by molar-refractivity contribution is -0.130. The van der Waals surface area contributed by atoms with E-state index in [1.54, 1.807) is 23.1 Å². The maximum absolute atomic E-state index is 12.7. The summed E-state index contributed by atoms with van der Waals surface area (Å²) in [5.41, 5.74) is 3.20. The Hall–Kier alpha value is -1.73. The molecule has 0 bridgehead atoms. The van der Waals surface area contributed by atoms with Crippen LogP contribution in [0.5, 0.6) is 0 Å². The van der Waals surface area contributed by atoms with Crippen molar-refractivity contribution in [3.8, 4) is 0 Å². The summed E-state index contributed by atoms with van der Waals surface area (Å²) in [5, 5.41) is 3.47. The molecule has 0 saturated carbocycles. The molecule has 1 fully saturated rings. The van der Waals surface area contributed by atoms with Crippen LogP contribution in [0, 0.1) is 0 Å². The molecule has 0 unspecified atom stereocenters. The molecule has 0 aliphatic carbocycles. The van der Waals surface area contributed by atoms with E-state index < -0.39 is 0 Å². The first kappa shape index (κ1) is 21.5. The first-order chi connectivity index (χ1) is 14.6. The second kappa shape index (κ2) is 10.1. The molecule has 4 nitrogen and oxygen atoms in total. The molecular weight excluding hydrogens is 457 g/mol. The van der Waals surface area contributed by atoms with Gasteiger partial charge in [-0.05, 0) is 42.0 Å². The third-order valence-corrected chi connectivity index (χ3v) is 7.61. The molecule has 1 saturated heterocycles. The summed E-state index contributed by atoms with van der Waals surface area (Å²) in [6.07, 6.45) is 0.360. The Balaban J connectivity index is 1.25. The number of amides is 1. The normalized spacial score (nSPS) is 14.2. The fraction of sp³-hybridized carbons (Fsp3) is 0.273. The molecule has 1 amide bonds. The molecule has 4 rings (SSSR count). The summed E-state index contributed by atoms with van der Waals surface area (Å²) in [4.78, 5) is 21.6. The van der Waals surface area contributed by atoms with Gasteiger partial charge in [0.25, 0.3) is 0 Å². The number of piperazine rings is 1. The predicted octanol–water partition coefficient (Wildman–Crippen LogP) is 5.63. The minimum atomic E-state index is 0.144. The van der Waals surface area contributed by atoms with Gasteiger partial charge in [-0.3, -0.25) is 4.79 Å². The second-order valence-corrected chi connectivity index (χ2v) is 9.99. The highest BCUT2D eigenvalue weighted by Crippen LogP contribution is 2.27. The Morgan fingerprint density at radius 1 is 0.967 bits per heavy atom. The van der Waals surface area contributed by atoms with Gasteiger partial charge in [-0.25, -0.2) is 4.98 Å². The van der Waals surface area contributed by atoms with Crippen molar-refractivity contribution >= 4 is 57.9 Å². The molecule has 0 spiro atoms. The number of carbonyl (C=O) groups is 1. The molecular formula is C22H21Cl2N3OS2. The summed E-state index contributed by atoms with van der Waals surface area (Å²) in [5.74, 6) is 0.982. The lowest BCUT2D eigenvalue weighted by Crippen LogP contribution is -2.49. The molecule has 1 aliphatic rings. The molecule has 8 heteroatoms. The van der Waals surface area contributed by atoms with Crippen LogP contribution in [-0.2, 0) is 17.0 Å². The van der Waals surface area contributed by atoms with E-state index in [1.807, 2.05) is 58.8 Å². The predicted molar refractivity (Wildman–Crippen MR) is 127 cm³/mol. The Morgan fingerprint density at radius 2 is 1.60 bits per heavy atom. The molecule has 1 aliphatic heterocycles. The molecule has 2 aromatic carbocycles. The van der Waals surface area contributed by atoms with Gasteiger partial charge >= 0.3 is 0 Å². The Bertz CT molecular complexity index is 984. The topological polar surface area (TPSA) is 36.4 Å². The van der Waals surface area contributed by atoms with Gasteiger partial charge in [0.05, 0.1) is 12.1 Å².